The van der Waals surface area contributed by atoms with Crippen molar-refractivity contribution in [3.05, 3.63) is 53.3 Å². The third kappa shape index (κ3) is 6.00. The monoisotopic (exact) mass is 594 g/mol. The summed E-state index contributed by atoms with van der Waals surface area (Å²) in [5.74, 6) is -3.56. The van der Waals surface area contributed by atoms with E-state index >= 15 is 0 Å². The van der Waals surface area contributed by atoms with E-state index in [2.05, 4.69) is 20.8 Å². The number of urea groups is 1. The number of likely N-dealkylation sites (tertiary alicyclic amines) is 1. The minimum atomic E-state index is -1.60. The molecule has 0 radical (unpaired) electrons. The van der Waals surface area contributed by atoms with Crippen molar-refractivity contribution < 1.29 is 42.2 Å². The molecule has 3 aromatic rings. The first-order valence-corrected chi connectivity index (χ1v) is 13.8. The highest BCUT2D eigenvalue weighted by molar-refractivity contribution is 5.74. The number of nitrogens with zero attached hydrogens (tertiary/aromatic N) is 5. The number of aliphatic hydroxyl groups excluding tert-OH is 2. The molecule has 1 aromatic carbocycles. The molecule has 4 heterocycles. The van der Waals surface area contributed by atoms with E-state index in [1.807, 2.05) is 13.0 Å². The van der Waals surface area contributed by atoms with E-state index < -0.39 is 54.5 Å². The molecule has 2 aliphatic rings. The van der Waals surface area contributed by atoms with Crippen LogP contribution in [-0.2, 0) is 15.9 Å². The van der Waals surface area contributed by atoms with Gasteiger partial charge in [0.1, 0.15) is 35.8 Å². The van der Waals surface area contributed by atoms with Gasteiger partial charge in [0.05, 0.1) is 24.6 Å². The standard InChI is InChI=1S/C27H33F3N6O6/c1-3-31-27(39)35-6-4-14(5-7-35)20-10-16(33-42-20)11-21-26(40-2)24(25(38)22(13-37)41-21)36-12-19(32-34-36)15-8-17(28)23(30)18(29)9-15/h8-10,12,14,21-22,24-26,37-38H,3-7,11,13H2,1-2H3,(H,31,39)/t21-,22-,24+,25+,26+/m1/s1. The van der Waals surface area contributed by atoms with E-state index in [1.54, 1.807) is 4.90 Å². The number of piperidine rings is 1. The Balaban J connectivity index is 1.32. The van der Waals surface area contributed by atoms with Crippen LogP contribution in [0.2, 0.25) is 0 Å². The molecule has 5 rings (SSSR count). The summed E-state index contributed by atoms with van der Waals surface area (Å²) < 4.78 is 59.7. The number of ether oxygens (including phenoxy) is 2. The van der Waals surface area contributed by atoms with Gasteiger partial charge in [-0.05, 0) is 31.9 Å². The predicted octanol–water partition coefficient (Wildman–Crippen LogP) is 2.18. The van der Waals surface area contributed by atoms with Gasteiger partial charge >= 0.3 is 6.03 Å². The zero-order valence-electron chi connectivity index (χ0n) is 23.1. The number of benzene rings is 1. The highest BCUT2D eigenvalue weighted by Crippen LogP contribution is 2.35. The van der Waals surface area contributed by atoms with Gasteiger partial charge in [0.2, 0.25) is 0 Å². The lowest BCUT2D eigenvalue weighted by atomic mass is 9.89. The van der Waals surface area contributed by atoms with Crippen LogP contribution in [0.4, 0.5) is 18.0 Å². The number of nitrogens with one attached hydrogen (secondary N) is 1. The van der Waals surface area contributed by atoms with Gasteiger partial charge in [-0.15, -0.1) is 5.10 Å². The molecule has 0 bridgehead atoms. The van der Waals surface area contributed by atoms with Crippen LogP contribution in [0, 0.1) is 17.5 Å². The molecule has 2 aliphatic heterocycles. The van der Waals surface area contributed by atoms with Crippen LogP contribution in [0.1, 0.15) is 43.2 Å². The molecule has 15 heteroatoms. The molecule has 5 atom stereocenters. The lowest BCUT2D eigenvalue weighted by Gasteiger charge is -2.43. The predicted molar refractivity (Wildman–Crippen MR) is 140 cm³/mol. The first kappa shape index (κ1) is 29.9. The van der Waals surface area contributed by atoms with Crippen molar-refractivity contribution in [2.75, 3.05) is 33.4 Å². The topological polar surface area (TPSA) is 148 Å². The van der Waals surface area contributed by atoms with E-state index in [4.69, 9.17) is 14.0 Å². The summed E-state index contributed by atoms with van der Waals surface area (Å²) in [6.45, 7) is 3.13. The molecule has 228 valence electrons. The Hall–Kier alpha value is -3.53. The molecule has 2 aromatic heterocycles. The Morgan fingerprint density at radius 3 is 2.52 bits per heavy atom. The zero-order chi connectivity index (χ0) is 30.0. The quantitative estimate of drug-likeness (QED) is 0.334. The molecule has 2 fully saturated rings. The van der Waals surface area contributed by atoms with Crippen LogP contribution >= 0.6 is 0 Å². The molecular formula is C27H33F3N6O6. The lowest BCUT2D eigenvalue weighted by Crippen LogP contribution is -2.57. The summed E-state index contributed by atoms with van der Waals surface area (Å²) in [4.78, 5) is 13.9. The Morgan fingerprint density at radius 2 is 1.88 bits per heavy atom. The molecule has 2 amide bonds. The van der Waals surface area contributed by atoms with Gasteiger partial charge in [-0.2, -0.15) is 0 Å². The van der Waals surface area contributed by atoms with Crippen LogP contribution in [0.3, 0.4) is 0 Å². The molecule has 2 saturated heterocycles. The molecule has 0 aliphatic carbocycles. The normalized spacial score (nSPS) is 25.1. The minimum Gasteiger partial charge on any atom is -0.394 e. The lowest BCUT2D eigenvalue weighted by molar-refractivity contribution is -0.212. The smallest absolute Gasteiger partial charge is 0.317 e. The third-order valence-electron chi connectivity index (χ3n) is 7.83. The second-order valence-electron chi connectivity index (χ2n) is 10.4. The van der Waals surface area contributed by atoms with Gasteiger partial charge in [-0.25, -0.2) is 22.6 Å². The minimum absolute atomic E-state index is 0.0396. The van der Waals surface area contributed by atoms with E-state index in [-0.39, 0.29) is 29.6 Å². The van der Waals surface area contributed by atoms with Crippen molar-refractivity contribution in [1.29, 1.82) is 0 Å². The van der Waals surface area contributed by atoms with Crippen molar-refractivity contribution in [2.24, 2.45) is 0 Å². The average Bonchev–Trinajstić information content (AvgIpc) is 3.67. The summed E-state index contributed by atoms with van der Waals surface area (Å²) in [6.07, 6.45) is -0.779. The Morgan fingerprint density at radius 1 is 1.17 bits per heavy atom. The van der Waals surface area contributed by atoms with Crippen LogP contribution < -0.4 is 5.32 Å². The second-order valence-corrected chi connectivity index (χ2v) is 10.4. The average molecular weight is 595 g/mol. The Labute approximate surface area is 239 Å². The van der Waals surface area contributed by atoms with Gasteiger partial charge in [0, 0.05) is 50.7 Å². The van der Waals surface area contributed by atoms with E-state index in [9.17, 15) is 28.2 Å². The number of rotatable bonds is 8. The molecule has 3 N–H and O–H groups in total. The first-order chi connectivity index (χ1) is 20.2. The first-order valence-electron chi connectivity index (χ1n) is 13.8. The maximum Gasteiger partial charge on any atom is 0.317 e. The van der Waals surface area contributed by atoms with Gasteiger partial charge < -0.3 is 34.4 Å². The van der Waals surface area contributed by atoms with Gasteiger partial charge in [-0.3, -0.25) is 0 Å². The number of amides is 2. The third-order valence-corrected chi connectivity index (χ3v) is 7.83. The fourth-order valence-electron chi connectivity index (χ4n) is 5.64. The summed E-state index contributed by atoms with van der Waals surface area (Å²) in [7, 11) is 1.43. The molecule has 12 nitrogen and oxygen atoms in total. The second kappa shape index (κ2) is 12.8. The van der Waals surface area contributed by atoms with Crippen molar-refractivity contribution in [3.8, 4) is 11.3 Å². The van der Waals surface area contributed by atoms with Crippen LogP contribution in [0.25, 0.3) is 11.3 Å². The molecular weight excluding hydrogens is 561 g/mol. The van der Waals surface area contributed by atoms with Crippen LogP contribution in [0.15, 0.2) is 28.9 Å². The van der Waals surface area contributed by atoms with Gasteiger partial charge in [0.15, 0.2) is 17.5 Å². The Bertz CT molecular complexity index is 1360. The van der Waals surface area contributed by atoms with Crippen molar-refractivity contribution in [2.45, 2.75) is 62.6 Å². The summed E-state index contributed by atoms with van der Waals surface area (Å²) in [5, 5.41) is 36.0. The van der Waals surface area contributed by atoms with Crippen LogP contribution in [-0.4, -0.2) is 99.1 Å². The fraction of sp³-hybridized carbons (Fsp3) is 0.556. The van der Waals surface area contributed by atoms with Gasteiger partial charge in [0.25, 0.3) is 0 Å². The van der Waals surface area contributed by atoms with Crippen LogP contribution in [0.5, 0.6) is 0 Å². The van der Waals surface area contributed by atoms with Crippen molar-refractivity contribution in [3.63, 3.8) is 0 Å². The largest absolute Gasteiger partial charge is 0.394 e. The van der Waals surface area contributed by atoms with E-state index in [0.717, 1.165) is 25.0 Å². The SMILES string of the molecule is CCNC(=O)N1CCC(c2cc(C[C@H]3O[C@H](CO)[C@H](O)[C@H](n4cc(-c5cc(F)c(F)c(F)c5)nn4)[C@H]3OC)no2)CC1. The van der Waals surface area contributed by atoms with Crippen molar-refractivity contribution in [1.82, 2.24) is 30.4 Å². The highest BCUT2D eigenvalue weighted by Gasteiger charge is 2.47. The number of aliphatic hydroxyl groups is 2. The number of hydrogen-bond acceptors (Lipinski definition) is 9. The molecule has 0 unspecified atom stereocenters. The highest BCUT2D eigenvalue weighted by atomic mass is 19.2. The number of aromatic nitrogens is 4. The van der Waals surface area contributed by atoms with Gasteiger partial charge in [-0.1, -0.05) is 10.4 Å². The fourth-order valence-corrected chi connectivity index (χ4v) is 5.64. The Kier molecular flexibility index (Phi) is 9.11. The summed E-state index contributed by atoms with van der Waals surface area (Å²) in [6, 6.07) is 2.44. The number of carbonyl (C=O) groups is 1. The molecule has 0 spiro atoms. The van der Waals surface area contributed by atoms with E-state index in [0.29, 0.717) is 31.1 Å². The summed E-state index contributed by atoms with van der Waals surface area (Å²) in [5.41, 5.74) is 0.569. The number of carbonyl (C=O) groups excluding carboxylic acids is 1. The number of halogens is 3. The van der Waals surface area contributed by atoms with Crippen molar-refractivity contribution >= 4 is 6.03 Å². The maximum absolute atomic E-state index is 13.8. The number of hydrogen-bond donors (Lipinski definition) is 3. The number of methoxy groups -OCH3 is 1. The summed E-state index contributed by atoms with van der Waals surface area (Å²) >= 11 is 0. The maximum atomic E-state index is 13.8. The molecule has 42 heavy (non-hydrogen) atoms. The molecule has 0 saturated carbocycles. The van der Waals surface area contributed by atoms with E-state index in [1.165, 1.54) is 18.0 Å². The zero-order valence-corrected chi connectivity index (χ0v) is 23.1.